The summed E-state index contributed by atoms with van der Waals surface area (Å²) in [4.78, 5) is 16.6. The number of fused-ring (bicyclic) bond motifs is 2. The van der Waals surface area contributed by atoms with Gasteiger partial charge in [-0.05, 0) is 55.2 Å². The highest BCUT2D eigenvalue weighted by molar-refractivity contribution is 6.74. The van der Waals surface area contributed by atoms with Gasteiger partial charge in [0, 0.05) is 22.8 Å². The van der Waals surface area contributed by atoms with Gasteiger partial charge in [0.25, 0.3) is 0 Å². The molecule has 0 fully saturated rings. The molecule has 0 atom stereocenters. The highest BCUT2D eigenvalue weighted by atomic mass is 28.4. The molecule has 3 aromatic rings. The summed E-state index contributed by atoms with van der Waals surface area (Å²) in [6, 6.07) is 7.95. The largest absolute Gasteiger partial charge is 0.460 e. The van der Waals surface area contributed by atoms with Crippen LogP contribution in [0, 0.1) is 0 Å². The number of hydrogen-bond donors (Lipinski definition) is 2. The summed E-state index contributed by atoms with van der Waals surface area (Å²) in [6.07, 6.45) is 6.21. The first kappa shape index (κ1) is 23.1. The van der Waals surface area contributed by atoms with Crippen LogP contribution in [0.15, 0.2) is 47.2 Å². The van der Waals surface area contributed by atoms with Gasteiger partial charge in [0.1, 0.15) is 5.69 Å². The van der Waals surface area contributed by atoms with Gasteiger partial charge < -0.3 is 19.0 Å². The number of allylic oxidation sites excluding steroid dienone is 1. The number of pyridine rings is 1. The molecular weight excluding hydrogens is 434 g/mol. The molecule has 174 valence electrons. The van der Waals surface area contributed by atoms with Gasteiger partial charge in [-0.3, -0.25) is 10.5 Å². The first-order valence-electron chi connectivity index (χ1n) is 11.2. The van der Waals surface area contributed by atoms with E-state index in [0.717, 1.165) is 28.8 Å². The van der Waals surface area contributed by atoms with Gasteiger partial charge in [0.15, 0.2) is 5.58 Å². The standard InChI is InChI=1S/C25H31N3O4Si/c1-7-30-24(29)23-22(19-12-13-26-15-21(19)31-23)27-17-9-10-18-16(14-17)8-11-20(18)28-32-33(5,6)25(2,3)4/h9-15,27-28H,7-8H2,1-6H3. The van der Waals surface area contributed by atoms with Gasteiger partial charge >= 0.3 is 5.97 Å². The van der Waals surface area contributed by atoms with Crippen LogP contribution in [0.25, 0.3) is 16.7 Å². The molecule has 0 radical (unpaired) electrons. The number of furan rings is 1. The molecule has 2 N–H and O–H groups in total. The number of carbonyl (C=O) groups is 1. The summed E-state index contributed by atoms with van der Waals surface area (Å²) >= 11 is 0. The maximum absolute atomic E-state index is 12.5. The fourth-order valence-corrected chi connectivity index (χ4v) is 4.09. The number of aromatic nitrogens is 1. The molecule has 0 saturated carbocycles. The predicted molar refractivity (Wildman–Crippen MR) is 133 cm³/mol. The Morgan fingerprint density at radius 2 is 2.03 bits per heavy atom. The molecule has 2 heterocycles. The van der Waals surface area contributed by atoms with Crippen molar-refractivity contribution in [3.8, 4) is 0 Å². The number of carbonyl (C=O) groups excluding carboxylic acids is 1. The molecule has 0 saturated heterocycles. The fraction of sp³-hybridized carbons (Fsp3) is 0.360. The summed E-state index contributed by atoms with van der Waals surface area (Å²) in [7, 11) is -1.92. The summed E-state index contributed by atoms with van der Waals surface area (Å²) in [5.41, 5.74) is 8.48. The molecule has 0 bridgehead atoms. The summed E-state index contributed by atoms with van der Waals surface area (Å²) < 4.78 is 17.1. The molecule has 8 heteroatoms. The van der Waals surface area contributed by atoms with E-state index in [1.165, 1.54) is 5.56 Å². The zero-order valence-electron chi connectivity index (χ0n) is 20.0. The van der Waals surface area contributed by atoms with Crippen molar-refractivity contribution in [3.63, 3.8) is 0 Å². The van der Waals surface area contributed by atoms with E-state index < -0.39 is 14.3 Å². The highest BCUT2D eigenvalue weighted by Gasteiger charge is 2.38. The van der Waals surface area contributed by atoms with E-state index in [9.17, 15) is 4.79 Å². The second kappa shape index (κ2) is 8.68. The van der Waals surface area contributed by atoms with E-state index in [2.05, 4.69) is 67.9 Å². The summed E-state index contributed by atoms with van der Waals surface area (Å²) in [6.45, 7) is 13.1. The van der Waals surface area contributed by atoms with Crippen LogP contribution in [0.1, 0.15) is 49.4 Å². The number of anilines is 2. The summed E-state index contributed by atoms with van der Waals surface area (Å²) in [5.74, 6) is -0.364. The number of nitrogens with zero attached hydrogens (tertiary/aromatic N) is 1. The Labute approximate surface area is 195 Å². The van der Waals surface area contributed by atoms with Crippen LogP contribution >= 0.6 is 0 Å². The maximum atomic E-state index is 12.5. The first-order valence-corrected chi connectivity index (χ1v) is 14.1. The van der Waals surface area contributed by atoms with Gasteiger partial charge in [-0.1, -0.05) is 32.9 Å². The van der Waals surface area contributed by atoms with Crippen LogP contribution in [0.4, 0.5) is 11.4 Å². The second-order valence-corrected chi connectivity index (χ2v) is 14.4. The van der Waals surface area contributed by atoms with Crippen LogP contribution in [-0.2, 0) is 15.7 Å². The van der Waals surface area contributed by atoms with Crippen molar-refractivity contribution in [1.82, 2.24) is 10.5 Å². The van der Waals surface area contributed by atoms with Crippen LogP contribution in [0.2, 0.25) is 18.1 Å². The fourth-order valence-electron chi connectivity index (χ4n) is 3.42. The molecule has 0 aliphatic heterocycles. The monoisotopic (exact) mass is 465 g/mol. The zero-order chi connectivity index (χ0) is 23.8. The topological polar surface area (TPSA) is 85.6 Å². The van der Waals surface area contributed by atoms with Gasteiger partial charge in [-0.15, -0.1) is 0 Å². The predicted octanol–water partition coefficient (Wildman–Crippen LogP) is 6.17. The van der Waals surface area contributed by atoms with E-state index in [1.54, 1.807) is 19.3 Å². The maximum Gasteiger partial charge on any atom is 0.376 e. The third kappa shape index (κ3) is 4.53. The zero-order valence-corrected chi connectivity index (χ0v) is 21.0. The van der Waals surface area contributed by atoms with E-state index >= 15 is 0 Å². The quantitative estimate of drug-likeness (QED) is 0.245. The van der Waals surface area contributed by atoms with Crippen molar-refractivity contribution in [2.75, 3.05) is 11.9 Å². The molecule has 7 nitrogen and oxygen atoms in total. The first-order chi connectivity index (χ1) is 15.6. The Hall–Kier alpha value is -3.10. The van der Waals surface area contributed by atoms with Crippen LogP contribution in [0.5, 0.6) is 0 Å². The minimum atomic E-state index is -1.92. The van der Waals surface area contributed by atoms with Crippen molar-refractivity contribution in [2.24, 2.45) is 0 Å². The van der Waals surface area contributed by atoms with Crippen LogP contribution < -0.4 is 10.8 Å². The number of rotatable bonds is 7. The van der Waals surface area contributed by atoms with Crippen molar-refractivity contribution >= 4 is 42.3 Å². The lowest BCUT2D eigenvalue weighted by Crippen LogP contribution is -2.44. The number of esters is 1. The molecule has 4 rings (SSSR count). The van der Waals surface area contributed by atoms with Gasteiger partial charge in [-0.25, -0.2) is 4.79 Å². The Morgan fingerprint density at radius 3 is 2.76 bits per heavy atom. The molecule has 1 aromatic carbocycles. The molecule has 2 aromatic heterocycles. The van der Waals surface area contributed by atoms with Crippen molar-refractivity contribution in [2.45, 2.75) is 52.2 Å². The number of nitrogens with one attached hydrogen (secondary N) is 2. The molecule has 1 aliphatic carbocycles. The smallest absolute Gasteiger partial charge is 0.376 e. The number of benzene rings is 1. The van der Waals surface area contributed by atoms with Crippen LogP contribution in [0.3, 0.4) is 0 Å². The molecule has 0 amide bonds. The number of ether oxygens (including phenoxy) is 1. The van der Waals surface area contributed by atoms with E-state index in [-0.39, 0.29) is 17.4 Å². The van der Waals surface area contributed by atoms with Crippen molar-refractivity contribution < 1.29 is 18.5 Å². The Bertz CT molecular complexity index is 1220. The average molecular weight is 466 g/mol. The molecule has 0 unspecified atom stereocenters. The lowest BCUT2D eigenvalue weighted by atomic mass is 10.1. The molecule has 1 aliphatic rings. The third-order valence-corrected chi connectivity index (χ3v) is 10.6. The van der Waals surface area contributed by atoms with E-state index in [4.69, 9.17) is 13.7 Å². The lowest BCUT2D eigenvalue weighted by molar-refractivity contribution is 0.0494. The van der Waals surface area contributed by atoms with Gasteiger partial charge in [-0.2, -0.15) is 0 Å². The second-order valence-electron chi connectivity index (χ2n) is 9.68. The number of hydroxylamine groups is 1. The third-order valence-electron chi connectivity index (χ3n) is 6.37. The normalized spacial score (nSPS) is 13.6. The van der Waals surface area contributed by atoms with Crippen molar-refractivity contribution in [1.29, 1.82) is 0 Å². The number of hydrogen-bond acceptors (Lipinski definition) is 7. The van der Waals surface area contributed by atoms with E-state index in [1.807, 2.05) is 12.1 Å². The van der Waals surface area contributed by atoms with E-state index in [0.29, 0.717) is 11.3 Å². The average Bonchev–Trinajstić information content (AvgIpc) is 3.33. The van der Waals surface area contributed by atoms with Gasteiger partial charge in [0.05, 0.1) is 18.5 Å². The molecular formula is C25H31N3O4Si. The highest BCUT2D eigenvalue weighted by Crippen LogP contribution is 2.38. The SMILES string of the molecule is CCOC(=O)c1oc2cnccc2c1Nc1ccc2c(c1)CC=C2NO[Si](C)(C)C(C)(C)C. The summed E-state index contributed by atoms with van der Waals surface area (Å²) in [5, 5.41) is 4.26. The van der Waals surface area contributed by atoms with Crippen molar-refractivity contribution in [3.05, 3.63) is 59.6 Å². The van der Waals surface area contributed by atoms with Crippen LogP contribution in [-0.4, -0.2) is 25.9 Å². The lowest BCUT2D eigenvalue weighted by Gasteiger charge is -2.35. The Morgan fingerprint density at radius 1 is 1.24 bits per heavy atom. The molecule has 0 spiro atoms. The Kier molecular flexibility index (Phi) is 6.07. The Balaban J connectivity index is 1.57. The van der Waals surface area contributed by atoms with Gasteiger partial charge in [0.2, 0.25) is 14.1 Å². The minimum Gasteiger partial charge on any atom is -0.460 e. The molecule has 33 heavy (non-hydrogen) atoms. The minimum absolute atomic E-state index is 0.120.